The summed E-state index contributed by atoms with van der Waals surface area (Å²) in [5, 5.41) is 7.94. The standard InChI is InChI=1S/C16H29N3O/c1-11(2)9-17-10-14(12(3)4)8-15-13(5)18-19(6)16(15)20-7/h8,11-12,17H,9-10H2,1-7H3/b14-8-. The Morgan fingerprint density at radius 1 is 1.35 bits per heavy atom. The van der Waals surface area contributed by atoms with Crippen molar-refractivity contribution >= 4 is 6.08 Å². The van der Waals surface area contributed by atoms with Gasteiger partial charge in [0, 0.05) is 13.6 Å². The number of ether oxygens (including phenoxy) is 1. The quantitative estimate of drug-likeness (QED) is 0.834. The summed E-state index contributed by atoms with van der Waals surface area (Å²) in [4.78, 5) is 0. The maximum absolute atomic E-state index is 5.46. The van der Waals surface area contributed by atoms with Gasteiger partial charge in [-0.2, -0.15) is 5.10 Å². The topological polar surface area (TPSA) is 39.1 Å². The molecule has 0 radical (unpaired) electrons. The first kappa shape index (κ1) is 16.8. The van der Waals surface area contributed by atoms with Gasteiger partial charge in [0.05, 0.1) is 18.4 Å². The molecule has 0 bridgehead atoms. The third-order valence-corrected chi connectivity index (χ3v) is 3.36. The minimum atomic E-state index is 0.499. The van der Waals surface area contributed by atoms with Crippen molar-refractivity contribution in [3.05, 3.63) is 16.8 Å². The Morgan fingerprint density at radius 3 is 2.50 bits per heavy atom. The fourth-order valence-corrected chi connectivity index (χ4v) is 2.17. The third kappa shape index (κ3) is 4.37. The van der Waals surface area contributed by atoms with Crippen LogP contribution in [0.25, 0.3) is 6.08 Å². The van der Waals surface area contributed by atoms with Gasteiger partial charge in [-0.05, 0) is 31.4 Å². The first-order valence-corrected chi connectivity index (χ1v) is 7.35. The van der Waals surface area contributed by atoms with E-state index >= 15 is 0 Å². The largest absolute Gasteiger partial charge is 0.481 e. The van der Waals surface area contributed by atoms with Crippen LogP contribution in [0.3, 0.4) is 0 Å². The average molecular weight is 279 g/mol. The van der Waals surface area contributed by atoms with E-state index in [9.17, 15) is 0 Å². The zero-order valence-corrected chi connectivity index (χ0v) is 13.9. The van der Waals surface area contributed by atoms with Crippen LogP contribution in [0.2, 0.25) is 0 Å². The first-order valence-electron chi connectivity index (χ1n) is 7.35. The number of aromatic nitrogens is 2. The molecule has 0 fully saturated rings. The van der Waals surface area contributed by atoms with Crippen LogP contribution < -0.4 is 10.1 Å². The smallest absolute Gasteiger partial charge is 0.218 e. The molecule has 1 heterocycles. The van der Waals surface area contributed by atoms with Crippen LogP contribution in [-0.4, -0.2) is 30.0 Å². The van der Waals surface area contributed by atoms with Gasteiger partial charge in [-0.15, -0.1) is 0 Å². The summed E-state index contributed by atoms with van der Waals surface area (Å²) in [6, 6.07) is 0. The minimum Gasteiger partial charge on any atom is -0.481 e. The fourth-order valence-electron chi connectivity index (χ4n) is 2.17. The molecule has 114 valence electrons. The summed E-state index contributed by atoms with van der Waals surface area (Å²) in [5.41, 5.74) is 3.47. The second-order valence-corrected chi connectivity index (χ2v) is 6.03. The normalized spacial score (nSPS) is 12.6. The van der Waals surface area contributed by atoms with Crippen molar-refractivity contribution in [3.8, 4) is 5.88 Å². The van der Waals surface area contributed by atoms with Crippen molar-refractivity contribution in [1.29, 1.82) is 0 Å². The molecule has 0 amide bonds. The Labute approximate surface area is 123 Å². The molecule has 0 aromatic carbocycles. The van der Waals surface area contributed by atoms with Crippen LogP contribution in [0.1, 0.15) is 39.0 Å². The Balaban J connectivity index is 2.96. The van der Waals surface area contributed by atoms with Crippen LogP contribution in [0.15, 0.2) is 5.57 Å². The summed E-state index contributed by atoms with van der Waals surface area (Å²) < 4.78 is 7.25. The lowest BCUT2D eigenvalue weighted by Crippen LogP contribution is -2.23. The van der Waals surface area contributed by atoms with E-state index in [2.05, 4.69) is 44.2 Å². The number of nitrogens with zero attached hydrogens (tertiary/aromatic N) is 2. The number of rotatable bonds is 7. The molecule has 0 spiro atoms. The Hall–Kier alpha value is -1.29. The molecule has 0 saturated carbocycles. The van der Waals surface area contributed by atoms with Gasteiger partial charge in [0.25, 0.3) is 0 Å². The van der Waals surface area contributed by atoms with E-state index in [0.717, 1.165) is 30.2 Å². The molecule has 1 N–H and O–H groups in total. The highest BCUT2D eigenvalue weighted by atomic mass is 16.5. The molecule has 0 aliphatic rings. The highest BCUT2D eigenvalue weighted by molar-refractivity contribution is 5.61. The van der Waals surface area contributed by atoms with E-state index in [-0.39, 0.29) is 0 Å². The Kier molecular flexibility index (Phi) is 6.27. The molecule has 0 atom stereocenters. The Bertz CT molecular complexity index is 459. The second-order valence-electron chi connectivity index (χ2n) is 6.03. The Morgan fingerprint density at radius 2 is 2.00 bits per heavy atom. The van der Waals surface area contributed by atoms with Crippen molar-refractivity contribution in [3.63, 3.8) is 0 Å². The highest BCUT2D eigenvalue weighted by Gasteiger charge is 2.13. The van der Waals surface area contributed by atoms with E-state index < -0.39 is 0 Å². The third-order valence-electron chi connectivity index (χ3n) is 3.36. The molecule has 1 aromatic rings. The van der Waals surface area contributed by atoms with Gasteiger partial charge in [0.15, 0.2) is 0 Å². The average Bonchev–Trinajstić information content (AvgIpc) is 2.61. The van der Waals surface area contributed by atoms with Crippen LogP contribution in [0.5, 0.6) is 5.88 Å². The van der Waals surface area contributed by atoms with Crippen LogP contribution >= 0.6 is 0 Å². The summed E-state index contributed by atoms with van der Waals surface area (Å²) in [6.45, 7) is 12.9. The number of methoxy groups -OCH3 is 1. The zero-order chi connectivity index (χ0) is 15.3. The van der Waals surface area contributed by atoms with Crippen molar-refractivity contribution in [2.75, 3.05) is 20.2 Å². The number of nitrogens with one attached hydrogen (secondary N) is 1. The molecule has 4 nitrogen and oxygen atoms in total. The van der Waals surface area contributed by atoms with Gasteiger partial charge in [0.2, 0.25) is 5.88 Å². The van der Waals surface area contributed by atoms with Crippen molar-refractivity contribution in [1.82, 2.24) is 15.1 Å². The molecule has 0 saturated heterocycles. The lowest BCUT2D eigenvalue weighted by Gasteiger charge is -2.14. The molecule has 1 aromatic heterocycles. The maximum Gasteiger partial charge on any atom is 0.218 e. The molecular formula is C16H29N3O. The second kappa shape index (κ2) is 7.48. The van der Waals surface area contributed by atoms with Gasteiger partial charge in [-0.1, -0.05) is 33.3 Å². The highest BCUT2D eigenvalue weighted by Crippen LogP contribution is 2.25. The van der Waals surface area contributed by atoms with Gasteiger partial charge in [-0.25, -0.2) is 4.68 Å². The van der Waals surface area contributed by atoms with Crippen molar-refractivity contribution < 1.29 is 4.74 Å². The van der Waals surface area contributed by atoms with E-state index in [4.69, 9.17) is 4.74 Å². The van der Waals surface area contributed by atoms with Crippen LogP contribution in [-0.2, 0) is 7.05 Å². The summed E-state index contributed by atoms with van der Waals surface area (Å²) in [7, 11) is 3.61. The lowest BCUT2D eigenvalue weighted by molar-refractivity contribution is 0.372. The van der Waals surface area contributed by atoms with E-state index in [0.29, 0.717) is 11.8 Å². The SMILES string of the molecule is COc1c(/C=C(/CNCC(C)C)C(C)C)c(C)nn1C. The minimum absolute atomic E-state index is 0.499. The molecule has 4 heteroatoms. The van der Waals surface area contributed by atoms with Crippen molar-refractivity contribution in [2.24, 2.45) is 18.9 Å². The van der Waals surface area contributed by atoms with E-state index in [1.807, 2.05) is 14.0 Å². The molecule has 1 rings (SSSR count). The number of aryl methyl sites for hydroxylation is 2. The summed E-state index contributed by atoms with van der Waals surface area (Å²) >= 11 is 0. The number of hydrogen-bond acceptors (Lipinski definition) is 3. The number of hydrogen-bond donors (Lipinski definition) is 1. The van der Waals surface area contributed by atoms with Crippen molar-refractivity contribution in [2.45, 2.75) is 34.6 Å². The monoisotopic (exact) mass is 279 g/mol. The fraction of sp³-hybridized carbons (Fsp3) is 0.688. The van der Waals surface area contributed by atoms with E-state index in [1.165, 1.54) is 5.57 Å². The molecular weight excluding hydrogens is 250 g/mol. The molecule has 0 unspecified atom stereocenters. The van der Waals surface area contributed by atoms with Gasteiger partial charge >= 0.3 is 0 Å². The summed E-state index contributed by atoms with van der Waals surface area (Å²) in [6.07, 6.45) is 2.22. The zero-order valence-electron chi connectivity index (χ0n) is 13.9. The first-order chi connectivity index (χ1) is 9.36. The summed E-state index contributed by atoms with van der Waals surface area (Å²) in [5.74, 6) is 1.99. The van der Waals surface area contributed by atoms with Gasteiger partial charge < -0.3 is 10.1 Å². The van der Waals surface area contributed by atoms with Crippen LogP contribution in [0.4, 0.5) is 0 Å². The predicted molar refractivity (Wildman–Crippen MR) is 85.0 cm³/mol. The van der Waals surface area contributed by atoms with Crippen LogP contribution in [0, 0.1) is 18.8 Å². The van der Waals surface area contributed by atoms with Gasteiger partial charge in [-0.3, -0.25) is 0 Å². The molecule has 0 aliphatic carbocycles. The maximum atomic E-state index is 5.46. The molecule has 20 heavy (non-hydrogen) atoms. The van der Waals surface area contributed by atoms with E-state index in [1.54, 1.807) is 11.8 Å². The van der Waals surface area contributed by atoms with Gasteiger partial charge in [0.1, 0.15) is 0 Å². The lowest BCUT2D eigenvalue weighted by atomic mass is 10.00. The molecule has 0 aliphatic heterocycles. The predicted octanol–water partition coefficient (Wildman–Crippen LogP) is 3.02.